The second kappa shape index (κ2) is 4.35. The van der Waals surface area contributed by atoms with Crippen LogP contribution in [0.3, 0.4) is 0 Å². The molecule has 0 bridgehead atoms. The summed E-state index contributed by atoms with van der Waals surface area (Å²) in [4.78, 5) is 25.5. The van der Waals surface area contributed by atoms with Gasteiger partial charge in [0.2, 0.25) is 5.91 Å². The zero-order valence-electron chi connectivity index (χ0n) is 7.06. The summed E-state index contributed by atoms with van der Waals surface area (Å²) in [6.07, 6.45) is 3.31. The first-order valence-corrected chi connectivity index (χ1v) is 3.91. The molecule has 0 aromatic carbocycles. The van der Waals surface area contributed by atoms with Crippen LogP contribution in [0.4, 0.5) is 0 Å². The maximum Gasteiger partial charge on any atom is 0.217 e. The van der Waals surface area contributed by atoms with Crippen LogP contribution in [0.1, 0.15) is 23.2 Å². The molecule has 0 spiro atoms. The Bertz CT molecular complexity index is 309. The highest BCUT2D eigenvalue weighted by Gasteiger charge is 2.06. The number of aromatic nitrogens is 1. The number of carbonyl (C=O) groups is 2. The zero-order chi connectivity index (χ0) is 9.68. The SMILES string of the molecule is NC(=O)CCC(=O)c1cccnc1. The van der Waals surface area contributed by atoms with Gasteiger partial charge in [-0.2, -0.15) is 0 Å². The van der Waals surface area contributed by atoms with Gasteiger partial charge in [-0.1, -0.05) is 0 Å². The van der Waals surface area contributed by atoms with Crippen molar-refractivity contribution in [3.05, 3.63) is 30.1 Å². The molecule has 2 N–H and O–H groups in total. The molecule has 0 radical (unpaired) electrons. The molecule has 1 amide bonds. The second-order valence-corrected chi connectivity index (χ2v) is 2.63. The summed E-state index contributed by atoms with van der Waals surface area (Å²) >= 11 is 0. The van der Waals surface area contributed by atoms with Crippen molar-refractivity contribution in [1.29, 1.82) is 0 Å². The van der Waals surface area contributed by atoms with E-state index in [4.69, 9.17) is 5.73 Å². The summed E-state index contributed by atoms with van der Waals surface area (Å²) in [5.74, 6) is -0.566. The van der Waals surface area contributed by atoms with Crippen molar-refractivity contribution in [2.24, 2.45) is 5.73 Å². The molecule has 0 aliphatic heterocycles. The molecule has 0 saturated heterocycles. The summed E-state index contributed by atoms with van der Waals surface area (Å²) in [5.41, 5.74) is 5.43. The van der Waals surface area contributed by atoms with Crippen LogP contribution in [0.5, 0.6) is 0 Å². The predicted octanol–water partition coefficient (Wildman–Crippen LogP) is 0.530. The predicted molar refractivity (Wildman–Crippen MR) is 47.0 cm³/mol. The molecule has 1 heterocycles. The number of primary amides is 1. The number of hydrogen-bond acceptors (Lipinski definition) is 3. The number of nitrogens with two attached hydrogens (primary N) is 1. The molecule has 1 aromatic rings. The van der Waals surface area contributed by atoms with Crippen LogP contribution in [0, 0.1) is 0 Å². The summed E-state index contributed by atoms with van der Waals surface area (Å²) in [7, 11) is 0. The Morgan fingerprint density at radius 1 is 1.38 bits per heavy atom. The summed E-state index contributed by atoms with van der Waals surface area (Å²) in [5, 5.41) is 0. The van der Waals surface area contributed by atoms with Crippen LogP contribution in [0.25, 0.3) is 0 Å². The summed E-state index contributed by atoms with van der Waals surface area (Å²) in [6.45, 7) is 0. The third kappa shape index (κ3) is 3.02. The average Bonchev–Trinajstić information content (AvgIpc) is 2.15. The van der Waals surface area contributed by atoms with Crippen LogP contribution in [0.15, 0.2) is 24.5 Å². The van der Waals surface area contributed by atoms with Gasteiger partial charge in [-0.25, -0.2) is 0 Å². The molecular weight excluding hydrogens is 168 g/mol. The van der Waals surface area contributed by atoms with Crippen LogP contribution >= 0.6 is 0 Å². The van der Waals surface area contributed by atoms with Crippen molar-refractivity contribution in [3.63, 3.8) is 0 Å². The van der Waals surface area contributed by atoms with Gasteiger partial charge in [0.1, 0.15) is 0 Å². The number of nitrogens with zero attached hydrogens (tertiary/aromatic N) is 1. The lowest BCUT2D eigenvalue weighted by Gasteiger charge is -1.97. The molecule has 0 aliphatic rings. The van der Waals surface area contributed by atoms with Crippen LogP contribution in [0.2, 0.25) is 0 Å². The highest BCUT2D eigenvalue weighted by atomic mass is 16.1. The first kappa shape index (κ1) is 9.38. The number of amides is 1. The van der Waals surface area contributed by atoms with Gasteiger partial charge >= 0.3 is 0 Å². The lowest BCUT2D eigenvalue weighted by molar-refractivity contribution is -0.118. The van der Waals surface area contributed by atoms with Crippen molar-refractivity contribution in [2.45, 2.75) is 12.8 Å². The number of rotatable bonds is 4. The van der Waals surface area contributed by atoms with E-state index < -0.39 is 5.91 Å². The lowest BCUT2D eigenvalue weighted by Crippen LogP contribution is -2.12. The third-order valence-electron chi connectivity index (χ3n) is 1.58. The molecule has 1 rings (SSSR count). The fourth-order valence-electron chi connectivity index (χ4n) is 0.909. The van der Waals surface area contributed by atoms with E-state index in [9.17, 15) is 9.59 Å². The monoisotopic (exact) mass is 178 g/mol. The van der Waals surface area contributed by atoms with E-state index in [0.29, 0.717) is 5.56 Å². The summed E-state index contributed by atoms with van der Waals surface area (Å²) in [6, 6.07) is 3.34. The molecule has 4 heteroatoms. The van der Waals surface area contributed by atoms with Gasteiger partial charge < -0.3 is 5.73 Å². The minimum Gasteiger partial charge on any atom is -0.370 e. The van der Waals surface area contributed by atoms with E-state index in [-0.39, 0.29) is 18.6 Å². The van der Waals surface area contributed by atoms with Crippen molar-refractivity contribution in [1.82, 2.24) is 4.98 Å². The molecular formula is C9H10N2O2. The van der Waals surface area contributed by atoms with Gasteiger partial charge in [0.25, 0.3) is 0 Å². The number of pyridine rings is 1. The largest absolute Gasteiger partial charge is 0.370 e. The number of Topliss-reactive ketones (excluding diaryl/α,β-unsaturated/α-hetero) is 1. The van der Waals surface area contributed by atoms with Crippen molar-refractivity contribution in [3.8, 4) is 0 Å². The molecule has 0 aliphatic carbocycles. The van der Waals surface area contributed by atoms with Gasteiger partial charge in [0, 0.05) is 30.8 Å². The molecule has 0 unspecified atom stereocenters. The average molecular weight is 178 g/mol. The van der Waals surface area contributed by atoms with E-state index in [2.05, 4.69) is 4.98 Å². The normalized spacial score (nSPS) is 9.54. The van der Waals surface area contributed by atoms with Gasteiger partial charge in [-0.05, 0) is 12.1 Å². The fourth-order valence-corrected chi connectivity index (χ4v) is 0.909. The zero-order valence-corrected chi connectivity index (χ0v) is 7.06. The van der Waals surface area contributed by atoms with E-state index in [1.54, 1.807) is 18.3 Å². The van der Waals surface area contributed by atoms with Crippen molar-refractivity contribution >= 4 is 11.7 Å². The number of hydrogen-bond donors (Lipinski definition) is 1. The Balaban J connectivity index is 2.54. The Hall–Kier alpha value is -1.71. The molecule has 0 saturated carbocycles. The van der Waals surface area contributed by atoms with Crippen LogP contribution < -0.4 is 5.73 Å². The van der Waals surface area contributed by atoms with E-state index >= 15 is 0 Å². The second-order valence-electron chi connectivity index (χ2n) is 2.63. The third-order valence-corrected chi connectivity index (χ3v) is 1.58. The maximum absolute atomic E-state index is 11.3. The van der Waals surface area contributed by atoms with Crippen LogP contribution in [-0.4, -0.2) is 16.7 Å². The molecule has 0 fully saturated rings. The van der Waals surface area contributed by atoms with Gasteiger partial charge in [0.15, 0.2) is 5.78 Å². The first-order valence-electron chi connectivity index (χ1n) is 3.91. The Morgan fingerprint density at radius 3 is 2.69 bits per heavy atom. The standard InChI is InChI=1S/C9H10N2O2/c10-9(13)4-3-8(12)7-2-1-5-11-6-7/h1-2,5-6H,3-4H2,(H2,10,13). The molecule has 4 nitrogen and oxygen atoms in total. The van der Waals surface area contributed by atoms with Gasteiger partial charge in [-0.15, -0.1) is 0 Å². The van der Waals surface area contributed by atoms with Crippen LogP contribution in [-0.2, 0) is 4.79 Å². The Labute approximate surface area is 75.8 Å². The highest BCUT2D eigenvalue weighted by Crippen LogP contribution is 2.02. The molecule has 0 atom stereocenters. The topological polar surface area (TPSA) is 73.1 Å². The van der Waals surface area contributed by atoms with E-state index in [1.807, 2.05) is 0 Å². The molecule has 68 valence electrons. The van der Waals surface area contributed by atoms with E-state index in [0.717, 1.165) is 0 Å². The Kier molecular flexibility index (Phi) is 3.14. The quantitative estimate of drug-likeness (QED) is 0.683. The first-order chi connectivity index (χ1) is 6.20. The molecule has 13 heavy (non-hydrogen) atoms. The highest BCUT2D eigenvalue weighted by molar-refractivity contribution is 5.97. The fraction of sp³-hybridized carbons (Fsp3) is 0.222. The van der Waals surface area contributed by atoms with Crippen molar-refractivity contribution in [2.75, 3.05) is 0 Å². The maximum atomic E-state index is 11.3. The smallest absolute Gasteiger partial charge is 0.217 e. The molecule has 1 aromatic heterocycles. The van der Waals surface area contributed by atoms with Gasteiger partial charge in [0.05, 0.1) is 0 Å². The minimum atomic E-state index is -0.461. The summed E-state index contributed by atoms with van der Waals surface area (Å²) < 4.78 is 0. The number of carbonyl (C=O) groups excluding carboxylic acids is 2. The van der Waals surface area contributed by atoms with Gasteiger partial charge in [-0.3, -0.25) is 14.6 Å². The Morgan fingerprint density at radius 2 is 2.15 bits per heavy atom. The van der Waals surface area contributed by atoms with Crippen molar-refractivity contribution < 1.29 is 9.59 Å². The van der Waals surface area contributed by atoms with E-state index in [1.165, 1.54) is 6.20 Å². The number of ketones is 1. The lowest BCUT2D eigenvalue weighted by atomic mass is 10.1. The minimum absolute atomic E-state index is 0.0910.